The second-order valence-electron chi connectivity index (χ2n) is 10.4. The molecule has 43 heavy (non-hydrogen) atoms. The predicted molar refractivity (Wildman–Crippen MR) is 147 cm³/mol. The van der Waals surface area contributed by atoms with Gasteiger partial charge in [0.15, 0.2) is 17.0 Å². The normalized spacial score (nSPS) is 15.7. The van der Waals surface area contributed by atoms with Gasteiger partial charge in [0.2, 0.25) is 11.9 Å². The van der Waals surface area contributed by atoms with E-state index >= 15 is 0 Å². The summed E-state index contributed by atoms with van der Waals surface area (Å²) in [5.41, 5.74) is -0.548. The molecule has 1 unspecified atom stereocenters. The van der Waals surface area contributed by atoms with E-state index in [-0.39, 0.29) is 57.8 Å². The van der Waals surface area contributed by atoms with Gasteiger partial charge in [0.25, 0.3) is 13.4 Å². The van der Waals surface area contributed by atoms with Crippen molar-refractivity contribution in [1.82, 2.24) is 38.6 Å². The first-order valence-electron chi connectivity index (χ1n) is 12.8. The van der Waals surface area contributed by atoms with Gasteiger partial charge >= 0.3 is 35.2 Å². The van der Waals surface area contributed by atoms with Crippen molar-refractivity contribution in [3.8, 4) is 11.3 Å². The second-order valence-corrected chi connectivity index (χ2v) is 11.6. The van der Waals surface area contributed by atoms with Gasteiger partial charge in [-0.1, -0.05) is 0 Å². The summed E-state index contributed by atoms with van der Waals surface area (Å²) in [6.07, 6.45) is 9.02. The van der Waals surface area contributed by atoms with E-state index in [2.05, 4.69) is 48.2 Å². The van der Waals surface area contributed by atoms with Crippen LogP contribution in [0.25, 0.3) is 22.4 Å². The monoisotopic (exact) mass is 622 g/mol. The van der Waals surface area contributed by atoms with Crippen LogP contribution in [-0.2, 0) is 34.5 Å². The summed E-state index contributed by atoms with van der Waals surface area (Å²) in [5, 5.41) is 0. The van der Waals surface area contributed by atoms with E-state index in [1.54, 1.807) is 12.4 Å². The van der Waals surface area contributed by atoms with Crippen molar-refractivity contribution < 1.29 is 53.2 Å². The SMILES string of the molecule is Cn1c(=O)c2c(ncn2CC(=O)N(COP(=O)([O-])O)c2cncc(-c3cnc(N4CCCC4(C)C)nc3)n2)n(C)c1=O.[Na+]. The molecule has 4 aromatic heterocycles. The molecular weight excluding hydrogens is 594 g/mol. The minimum atomic E-state index is -5.24. The van der Waals surface area contributed by atoms with Crippen molar-refractivity contribution >= 4 is 36.7 Å². The zero-order chi connectivity index (χ0) is 30.4. The van der Waals surface area contributed by atoms with Crippen LogP contribution in [0.4, 0.5) is 11.8 Å². The summed E-state index contributed by atoms with van der Waals surface area (Å²) in [6.45, 7) is 3.63. The molecule has 5 rings (SSSR count). The number of rotatable bonds is 8. The fourth-order valence-corrected chi connectivity index (χ4v) is 5.10. The number of amides is 1. The topological polar surface area (TPSA) is 207 Å². The molecule has 0 saturated carbocycles. The van der Waals surface area contributed by atoms with Crippen molar-refractivity contribution in [3.63, 3.8) is 0 Å². The number of aryl methyl sites for hydroxylation is 1. The Kier molecular flexibility index (Phi) is 9.37. The van der Waals surface area contributed by atoms with Gasteiger partial charge in [-0.2, -0.15) is 0 Å². The van der Waals surface area contributed by atoms with Crippen LogP contribution in [0.1, 0.15) is 26.7 Å². The summed E-state index contributed by atoms with van der Waals surface area (Å²) < 4.78 is 19.1. The average Bonchev–Trinajstić information content (AvgIpc) is 3.52. The van der Waals surface area contributed by atoms with Gasteiger partial charge in [-0.15, -0.1) is 0 Å². The van der Waals surface area contributed by atoms with Crippen molar-refractivity contribution in [2.75, 3.05) is 23.1 Å². The number of carbonyl (C=O) groups is 1. The molecule has 0 aromatic carbocycles. The van der Waals surface area contributed by atoms with Crippen LogP contribution in [0, 0.1) is 0 Å². The molecular formula is C24H28N10NaO7P. The van der Waals surface area contributed by atoms with Gasteiger partial charge in [0.1, 0.15) is 13.3 Å². The Bertz CT molecular complexity index is 1830. The summed E-state index contributed by atoms with van der Waals surface area (Å²) in [4.78, 5) is 83.6. The third kappa shape index (κ3) is 6.62. The number of hydrogen-bond donors (Lipinski definition) is 1. The third-order valence-corrected chi connectivity index (χ3v) is 7.59. The Labute approximate surface area is 266 Å². The molecule has 1 aliphatic rings. The second kappa shape index (κ2) is 12.4. The summed E-state index contributed by atoms with van der Waals surface area (Å²) in [6, 6.07) is 0. The van der Waals surface area contributed by atoms with Crippen molar-refractivity contribution in [2.24, 2.45) is 14.1 Å². The summed E-state index contributed by atoms with van der Waals surface area (Å²) >= 11 is 0. The van der Waals surface area contributed by atoms with Gasteiger partial charge in [-0.05, 0) is 26.7 Å². The van der Waals surface area contributed by atoms with Gasteiger partial charge in [-0.25, -0.2) is 24.7 Å². The number of nitrogens with zero attached hydrogens (tertiary/aromatic N) is 10. The van der Waals surface area contributed by atoms with E-state index < -0.39 is 38.3 Å². The molecule has 0 bridgehead atoms. The minimum absolute atomic E-state index is 0. The number of carbonyl (C=O) groups excluding carboxylic acids is 1. The molecule has 1 N–H and O–H groups in total. The third-order valence-electron chi connectivity index (χ3n) is 7.15. The fourth-order valence-electron chi connectivity index (χ4n) is 4.84. The molecule has 0 aliphatic carbocycles. The van der Waals surface area contributed by atoms with E-state index in [4.69, 9.17) is 0 Å². The molecule has 5 heterocycles. The van der Waals surface area contributed by atoms with Gasteiger partial charge in [0, 0.05) is 44.1 Å². The Hall–Kier alpha value is -3.31. The number of aromatic nitrogens is 8. The number of anilines is 2. The first-order valence-corrected chi connectivity index (χ1v) is 14.3. The molecule has 1 saturated heterocycles. The largest absolute Gasteiger partial charge is 1.00 e. The van der Waals surface area contributed by atoms with E-state index in [0.29, 0.717) is 11.5 Å². The van der Waals surface area contributed by atoms with E-state index in [1.165, 1.54) is 37.4 Å². The molecule has 0 spiro atoms. The summed E-state index contributed by atoms with van der Waals surface area (Å²) in [5.74, 6) is -0.325. The molecule has 1 aliphatic heterocycles. The van der Waals surface area contributed by atoms with E-state index in [0.717, 1.165) is 33.4 Å². The van der Waals surface area contributed by atoms with Crippen LogP contribution in [0.5, 0.6) is 0 Å². The Morgan fingerprint density at radius 3 is 2.47 bits per heavy atom. The minimum Gasteiger partial charge on any atom is -0.756 e. The van der Waals surface area contributed by atoms with Gasteiger partial charge in [-0.3, -0.25) is 37.7 Å². The molecule has 0 radical (unpaired) electrons. The Morgan fingerprint density at radius 2 is 1.84 bits per heavy atom. The zero-order valence-electron chi connectivity index (χ0n) is 24.2. The van der Waals surface area contributed by atoms with Crippen LogP contribution in [0.2, 0.25) is 0 Å². The van der Waals surface area contributed by atoms with Crippen LogP contribution in [0.3, 0.4) is 0 Å². The van der Waals surface area contributed by atoms with E-state index in [1.807, 2.05) is 0 Å². The number of phosphoric acid groups is 1. The Morgan fingerprint density at radius 1 is 1.14 bits per heavy atom. The number of hydrogen-bond acceptors (Lipinski definition) is 12. The zero-order valence-corrected chi connectivity index (χ0v) is 27.1. The molecule has 1 fully saturated rings. The average molecular weight is 623 g/mol. The van der Waals surface area contributed by atoms with Crippen molar-refractivity contribution in [2.45, 2.75) is 38.8 Å². The van der Waals surface area contributed by atoms with Crippen LogP contribution < -0.4 is 55.5 Å². The smallest absolute Gasteiger partial charge is 0.756 e. The van der Waals surface area contributed by atoms with Gasteiger partial charge < -0.3 is 19.3 Å². The molecule has 222 valence electrons. The summed E-state index contributed by atoms with van der Waals surface area (Å²) in [7, 11) is -2.52. The quantitative estimate of drug-likeness (QED) is 0.115. The standard InChI is InChI=1S/C24H29N10O7P.Na/c1-24(2)6-5-7-34(24)22-26-8-15(9-27-22)16-10-25-11-17(29-16)33(14-41-42(38,39)40)18(35)12-32-13-28-20-19(32)21(36)31(4)23(37)30(20)3;/h8-11,13H,5-7,12,14H2,1-4H3,(H2,38,39,40);/q;+1/p-1. The van der Waals surface area contributed by atoms with Crippen molar-refractivity contribution in [3.05, 3.63) is 52.0 Å². The first-order chi connectivity index (χ1) is 19.8. The van der Waals surface area contributed by atoms with Crippen molar-refractivity contribution in [1.29, 1.82) is 0 Å². The maximum Gasteiger partial charge on any atom is 1.00 e. The van der Waals surface area contributed by atoms with Crippen LogP contribution >= 0.6 is 7.82 Å². The molecule has 1 amide bonds. The molecule has 19 heteroatoms. The number of fused-ring (bicyclic) bond motifs is 1. The number of imidazole rings is 1. The van der Waals surface area contributed by atoms with E-state index in [9.17, 15) is 28.7 Å². The van der Waals surface area contributed by atoms with Crippen LogP contribution in [0.15, 0.2) is 40.7 Å². The molecule has 17 nitrogen and oxygen atoms in total. The first kappa shape index (κ1) is 32.6. The number of phosphoric ester groups is 1. The fraction of sp³-hybridized carbons (Fsp3) is 0.417. The predicted octanol–water partition coefficient (Wildman–Crippen LogP) is -3.47. The maximum absolute atomic E-state index is 13.5. The van der Waals surface area contributed by atoms with Crippen LogP contribution in [-0.4, -0.2) is 68.2 Å². The maximum atomic E-state index is 13.5. The molecule has 4 aromatic rings. The Balaban J connectivity index is 0.00000423. The molecule has 1 atom stereocenters. The van der Waals surface area contributed by atoms with Gasteiger partial charge in [0.05, 0.1) is 24.4 Å².